The van der Waals surface area contributed by atoms with Crippen LogP contribution in [0.4, 0.5) is 17.3 Å². The number of benzene rings is 1. The molecule has 0 unspecified atom stereocenters. The zero-order chi connectivity index (χ0) is 10.6. The molecule has 7 heteroatoms. The van der Waals surface area contributed by atoms with E-state index in [9.17, 15) is 17.3 Å². The molecule has 0 aliphatic heterocycles. The Kier molecular flexibility index (Phi) is 3.11. The van der Waals surface area contributed by atoms with Gasteiger partial charge in [0.25, 0.3) is 0 Å². The zero-order valence-electron chi connectivity index (χ0n) is 6.83. The first-order valence-corrected chi connectivity index (χ1v) is 3.63. The SMILES string of the molecule is F[B-](F)(F)F.c1ccc2oncc2c1. The Morgan fingerprint density at radius 1 is 1.07 bits per heavy atom. The fraction of sp³-hybridized carbons (Fsp3) is 0. The van der Waals surface area contributed by atoms with E-state index < -0.39 is 7.25 Å². The average Bonchev–Trinajstić information content (AvgIpc) is 2.47. The largest absolute Gasteiger partial charge is 0.673 e. The molecule has 0 spiro atoms. The highest BCUT2D eigenvalue weighted by Crippen LogP contribution is 2.10. The second kappa shape index (κ2) is 4.12. The summed E-state index contributed by atoms with van der Waals surface area (Å²) in [5, 5.41) is 4.68. The predicted molar refractivity (Wildman–Crippen MR) is 44.2 cm³/mol. The standard InChI is InChI=1S/C7H5NO.BF4/c1-2-4-7-6(3-1)5-8-9-7;2-1(3,4)5/h1-5H;/q;-1. The molecule has 1 aromatic heterocycles. The molecule has 2 aromatic rings. The highest BCUT2D eigenvalue weighted by atomic mass is 19.5. The predicted octanol–water partition coefficient (Wildman–Crippen LogP) is 3.13. The van der Waals surface area contributed by atoms with Gasteiger partial charge < -0.3 is 21.8 Å². The van der Waals surface area contributed by atoms with Crippen molar-refractivity contribution in [3.63, 3.8) is 0 Å². The lowest BCUT2D eigenvalue weighted by Crippen LogP contribution is -2.02. The normalized spacial score (nSPS) is 10.9. The second-order valence-electron chi connectivity index (χ2n) is 2.36. The topological polar surface area (TPSA) is 26.0 Å². The number of hydrogen-bond acceptors (Lipinski definition) is 2. The van der Waals surface area contributed by atoms with Gasteiger partial charge in [-0.25, -0.2) is 0 Å². The van der Waals surface area contributed by atoms with Gasteiger partial charge in [0.1, 0.15) is 0 Å². The van der Waals surface area contributed by atoms with Crippen LogP contribution in [-0.2, 0) is 0 Å². The van der Waals surface area contributed by atoms with Crippen molar-refractivity contribution in [1.82, 2.24) is 5.16 Å². The molecule has 1 aromatic carbocycles. The Morgan fingerprint density at radius 3 is 2.21 bits per heavy atom. The van der Waals surface area contributed by atoms with Gasteiger partial charge in [0, 0.05) is 5.39 Å². The maximum Gasteiger partial charge on any atom is 0.673 e. The minimum Gasteiger partial charge on any atom is -0.418 e. The molecule has 0 aliphatic carbocycles. The lowest BCUT2D eigenvalue weighted by Gasteiger charge is -1.94. The second-order valence-corrected chi connectivity index (χ2v) is 2.36. The van der Waals surface area contributed by atoms with Gasteiger partial charge in [0.15, 0.2) is 5.58 Å². The van der Waals surface area contributed by atoms with E-state index in [4.69, 9.17) is 4.52 Å². The van der Waals surface area contributed by atoms with Gasteiger partial charge in [0.2, 0.25) is 0 Å². The maximum absolute atomic E-state index is 9.75. The van der Waals surface area contributed by atoms with Crippen molar-refractivity contribution in [3.8, 4) is 0 Å². The van der Waals surface area contributed by atoms with Crippen LogP contribution in [0.25, 0.3) is 11.0 Å². The minimum absolute atomic E-state index is 0.845. The number of aromatic nitrogens is 1. The van der Waals surface area contributed by atoms with Gasteiger partial charge in [0.05, 0.1) is 6.20 Å². The summed E-state index contributed by atoms with van der Waals surface area (Å²) in [6.07, 6.45) is 1.70. The third kappa shape index (κ3) is 3.93. The molecule has 0 N–H and O–H groups in total. The number of hydrogen-bond donors (Lipinski definition) is 0. The fourth-order valence-electron chi connectivity index (χ4n) is 0.810. The van der Waals surface area contributed by atoms with Crippen molar-refractivity contribution in [1.29, 1.82) is 0 Å². The van der Waals surface area contributed by atoms with Crippen LogP contribution in [0, 0.1) is 0 Å². The Labute approximate surface area is 76.6 Å². The van der Waals surface area contributed by atoms with E-state index in [1.54, 1.807) is 6.20 Å². The molecule has 0 radical (unpaired) electrons. The molecule has 2 rings (SSSR count). The zero-order valence-corrected chi connectivity index (χ0v) is 6.83. The molecule has 0 bridgehead atoms. The molecule has 1 heterocycles. The van der Waals surface area contributed by atoms with Crippen molar-refractivity contribution in [2.75, 3.05) is 0 Å². The summed E-state index contributed by atoms with van der Waals surface area (Å²) < 4.78 is 43.9. The van der Waals surface area contributed by atoms with E-state index in [2.05, 4.69) is 5.16 Å². The molecular formula is C7H5BF4NO-. The van der Waals surface area contributed by atoms with E-state index in [1.807, 2.05) is 24.3 Å². The third-order valence-electron chi connectivity index (χ3n) is 1.26. The van der Waals surface area contributed by atoms with Crippen LogP contribution in [0.1, 0.15) is 0 Å². The Bertz CT molecular complexity index is 363. The number of halogens is 4. The van der Waals surface area contributed by atoms with Crippen molar-refractivity contribution in [3.05, 3.63) is 30.5 Å². The Morgan fingerprint density at radius 2 is 1.64 bits per heavy atom. The molecule has 0 saturated heterocycles. The summed E-state index contributed by atoms with van der Waals surface area (Å²) in [5.74, 6) is 0. The molecule has 0 aliphatic rings. The van der Waals surface area contributed by atoms with Crippen LogP contribution >= 0.6 is 0 Å². The monoisotopic (exact) mass is 206 g/mol. The first-order valence-electron chi connectivity index (χ1n) is 3.63. The minimum atomic E-state index is -6.00. The van der Waals surface area contributed by atoms with Gasteiger partial charge in [-0.2, -0.15) is 0 Å². The molecule has 0 atom stereocenters. The van der Waals surface area contributed by atoms with E-state index >= 15 is 0 Å². The summed E-state index contributed by atoms with van der Waals surface area (Å²) in [6.45, 7) is 0. The van der Waals surface area contributed by atoms with Crippen LogP contribution in [0.3, 0.4) is 0 Å². The number of rotatable bonds is 0. The van der Waals surface area contributed by atoms with Gasteiger partial charge in [-0.1, -0.05) is 17.3 Å². The van der Waals surface area contributed by atoms with Crippen molar-refractivity contribution in [2.45, 2.75) is 0 Å². The van der Waals surface area contributed by atoms with E-state index in [1.165, 1.54) is 0 Å². The summed E-state index contributed by atoms with van der Waals surface area (Å²) >= 11 is 0. The van der Waals surface area contributed by atoms with Crippen LogP contribution in [-0.4, -0.2) is 12.4 Å². The summed E-state index contributed by atoms with van der Waals surface area (Å²) in [5.41, 5.74) is 0.845. The van der Waals surface area contributed by atoms with E-state index in [0.717, 1.165) is 11.0 Å². The maximum atomic E-state index is 9.75. The van der Waals surface area contributed by atoms with E-state index in [0.29, 0.717) is 0 Å². The number of fused-ring (bicyclic) bond motifs is 1. The van der Waals surface area contributed by atoms with Crippen LogP contribution in [0.5, 0.6) is 0 Å². The van der Waals surface area contributed by atoms with Gasteiger partial charge in [-0.05, 0) is 12.1 Å². The molecule has 76 valence electrons. The van der Waals surface area contributed by atoms with Crippen LogP contribution in [0.2, 0.25) is 0 Å². The lowest BCUT2D eigenvalue weighted by molar-refractivity contribution is 0.368. The molecule has 0 amide bonds. The van der Waals surface area contributed by atoms with Gasteiger partial charge in [-0.15, -0.1) is 0 Å². The first kappa shape index (κ1) is 10.6. The van der Waals surface area contributed by atoms with Crippen molar-refractivity contribution < 1.29 is 21.8 Å². The van der Waals surface area contributed by atoms with E-state index in [-0.39, 0.29) is 0 Å². The van der Waals surface area contributed by atoms with Crippen LogP contribution in [0.15, 0.2) is 35.0 Å². The summed E-state index contributed by atoms with van der Waals surface area (Å²) in [7, 11) is -6.00. The Balaban J connectivity index is 0.000000171. The fourth-order valence-corrected chi connectivity index (χ4v) is 0.810. The number of para-hydroxylation sites is 1. The molecular weight excluding hydrogens is 201 g/mol. The lowest BCUT2D eigenvalue weighted by atomic mass is 10.3. The summed E-state index contributed by atoms with van der Waals surface area (Å²) in [4.78, 5) is 0. The van der Waals surface area contributed by atoms with Crippen molar-refractivity contribution in [2.24, 2.45) is 0 Å². The summed E-state index contributed by atoms with van der Waals surface area (Å²) in [6, 6.07) is 7.74. The van der Waals surface area contributed by atoms with Gasteiger partial charge >= 0.3 is 7.25 Å². The van der Waals surface area contributed by atoms with Crippen LogP contribution < -0.4 is 0 Å². The molecule has 0 fully saturated rings. The quantitative estimate of drug-likeness (QED) is 0.488. The van der Waals surface area contributed by atoms with Crippen molar-refractivity contribution >= 4 is 18.2 Å². The highest BCUT2D eigenvalue weighted by Gasteiger charge is 2.20. The molecule has 2 nitrogen and oxygen atoms in total. The molecule has 14 heavy (non-hydrogen) atoms. The highest BCUT2D eigenvalue weighted by molar-refractivity contribution is 6.50. The average molecular weight is 206 g/mol. The molecule has 0 saturated carbocycles. The number of nitrogens with zero attached hydrogens (tertiary/aromatic N) is 1. The smallest absolute Gasteiger partial charge is 0.418 e. The Hall–Kier alpha value is -1.53. The first-order chi connectivity index (χ1) is 6.47. The van der Waals surface area contributed by atoms with Gasteiger partial charge in [-0.3, -0.25) is 0 Å². The third-order valence-corrected chi connectivity index (χ3v) is 1.26.